The molecule has 0 amide bonds. The lowest BCUT2D eigenvalue weighted by molar-refractivity contribution is 0.113. The number of rotatable bonds is 6. The Labute approximate surface area is 163 Å². The third-order valence-corrected chi connectivity index (χ3v) is 6.54. The van der Waals surface area contributed by atoms with Gasteiger partial charge in [0.1, 0.15) is 0 Å². The first kappa shape index (κ1) is 19.0. The number of hydrogen-bond acceptors (Lipinski definition) is 6. The van der Waals surface area contributed by atoms with Crippen LogP contribution in [-0.2, 0) is 11.3 Å². The maximum atomic E-state index is 6.45. The molecule has 2 aliphatic heterocycles. The van der Waals surface area contributed by atoms with Gasteiger partial charge in [-0.05, 0) is 55.7 Å². The van der Waals surface area contributed by atoms with Crippen LogP contribution < -0.4 is 21.4 Å². The van der Waals surface area contributed by atoms with Gasteiger partial charge in [-0.3, -0.25) is 5.84 Å². The predicted octanol–water partition coefficient (Wildman–Crippen LogP) is 2.05. The van der Waals surface area contributed by atoms with Crippen molar-refractivity contribution in [2.24, 2.45) is 23.4 Å². The van der Waals surface area contributed by atoms with Crippen molar-refractivity contribution in [2.45, 2.75) is 52.2 Å². The Balaban J connectivity index is 1.57. The van der Waals surface area contributed by atoms with Gasteiger partial charge in [-0.1, -0.05) is 13.0 Å². The van der Waals surface area contributed by atoms with Crippen LogP contribution in [0.4, 0.5) is 11.4 Å². The summed E-state index contributed by atoms with van der Waals surface area (Å²) >= 11 is 0. The molecule has 0 radical (unpaired) electrons. The number of anilines is 2. The lowest BCUT2D eigenvalue weighted by Gasteiger charge is -2.39. The van der Waals surface area contributed by atoms with Crippen LogP contribution in [0.2, 0.25) is 0 Å². The molecular weight excluding hydrogens is 338 g/mol. The molecule has 0 aromatic heterocycles. The summed E-state index contributed by atoms with van der Waals surface area (Å²) in [4.78, 5) is 5.06. The molecule has 6 heteroatoms. The number of fused-ring (bicyclic) bond motifs is 1. The fourth-order valence-electron chi connectivity index (χ4n) is 4.96. The summed E-state index contributed by atoms with van der Waals surface area (Å²) in [6, 6.07) is 5.34. The van der Waals surface area contributed by atoms with E-state index in [0.29, 0.717) is 24.5 Å². The minimum Gasteiger partial charge on any atom is -0.380 e. The van der Waals surface area contributed by atoms with E-state index in [1.165, 1.54) is 35.3 Å². The zero-order valence-corrected chi connectivity index (χ0v) is 17.0. The van der Waals surface area contributed by atoms with E-state index in [9.17, 15) is 0 Å². The number of ether oxygens (including phenoxy) is 1. The van der Waals surface area contributed by atoms with Gasteiger partial charge < -0.3 is 20.3 Å². The highest BCUT2D eigenvalue weighted by Gasteiger charge is 2.38. The number of benzene rings is 1. The zero-order chi connectivity index (χ0) is 19.1. The monoisotopic (exact) mass is 373 g/mol. The van der Waals surface area contributed by atoms with E-state index in [0.717, 1.165) is 32.9 Å². The molecule has 4 rings (SSSR count). The Kier molecular flexibility index (Phi) is 5.34. The van der Waals surface area contributed by atoms with Gasteiger partial charge in [0.2, 0.25) is 0 Å². The van der Waals surface area contributed by atoms with Gasteiger partial charge in [0.25, 0.3) is 0 Å². The Bertz CT molecular complexity index is 677. The molecule has 0 spiro atoms. The second-order valence-electron chi connectivity index (χ2n) is 8.68. The lowest BCUT2D eigenvalue weighted by Crippen LogP contribution is -2.47. The molecule has 2 fully saturated rings. The highest BCUT2D eigenvalue weighted by molar-refractivity contribution is 5.72. The van der Waals surface area contributed by atoms with Gasteiger partial charge in [-0.25, -0.2) is 5.01 Å². The SMILES string of the molecule is CCOC[C@@H](N)[C@H]1CN(c2ccc3c(c2C)N(C2CC2)CN(N)C3)C[C@@H]1C. The van der Waals surface area contributed by atoms with Crippen molar-refractivity contribution in [3.8, 4) is 0 Å². The Morgan fingerprint density at radius 2 is 2.04 bits per heavy atom. The summed E-state index contributed by atoms with van der Waals surface area (Å²) in [5, 5.41) is 1.93. The average molecular weight is 374 g/mol. The van der Waals surface area contributed by atoms with Crippen molar-refractivity contribution >= 4 is 11.4 Å². The smallest absolute Gasteiger partial charge is 0.0843 e. The minimum atomic E-state index is 0.108. The number of nitrogens with two attached hydrogens (primary N) is 2. The number of nitrogens with zero attached hydrogens (tertiary/aromatic N) is 3. The molecule has 1 saturated carbocycles. The second-order valence-corrected chi connectivity index (χ2v) is 8.68. The van der Waals surface area contributed by atoms with Crippen LogP contribution >= 0.6 is 0 Å². The van der Waals surface area contributed by atoms with E-state index in [4.69, 9.17) is 16.3 Å². The van der Waals surface area contributed by atoms with E-state index >= 15 is 0 Å². The second kappa shape index (κ2) is 7.59. The fraction of sp³-hybridized carbons (Fsp3) is 0.714. The molecule has 3 atom stereocenters. The van der Waals surface area contributed by atoms with Gasteiger partial charge in [0, 0.05) is 49.7 Å². The van der Waals surface area contributed by atoms with Crippen LogP contribution in [0.25, 0.3) is 0 Å². The van der Waals surface area contributed by atoms with Gasteiger partial charge >= 0.3 is 0 Å². The number of hydrogen-bond donors (Lipinski definition) is 2. The molecule has 150 valence electrons. The summed E-state index contributed by atoms with van der Waals surface area (Å²) < 4.78 is 5.59. The highest BCUT2D eigenvalue weighted by Crippen LogP contribution is 2.42. The van der Waals surface area contributed by atoms with Gasteiger partial charge in [-0.15, -0.1) is 0 Å². The quantitative estimate of drug-likeness (QED) is 0.744. The molecule has 6 nitrogen and oxygen atoms in total. The maximum Gasteiger partial charge on any atom is 0.0843 e. The van der Waals surface area contributed by atoms with Crippen molar-refractivity contribution < 1.29 is 4.74 Å². The predicted molar refractivity (Wildman–Crippen MR) is 111 cm³/mol. The topological polar surface area (TPSA) is 71.0 Å². The van der Waals surface area contributed by atoms with Gasteiger partial charge in [0.05, 0.1) is 13.3 Å². The van der Waals surface area contributed by atoms with E-state index in [1.807, 2.05) is 11.9 Å². The third-order valence-electron chi connectivity index (χ3n) is 6.54. The zero-order valence-electron chi connectivity index (χ0n) is 17.0. The summed E-state index contributed by atoms with van der Waals surface area (Å²) in [7, 11) is 0. The standard InChI is InChI=1S/C21H35N5O/c1-4-27-12-19(22)18-11-24(9-14(18)2)20-8-5-16-10-25(23)13-26(17-6-7-17)21(16)15(20)3/h5,8,14,17-19H,4,6-7,9-13,22-23H2,1-3H3/t14-,18-,19+/m0/s1. The summed E-state index contributed by atoms with van der Waals surface area (Å²) in [5.74, 6) is 7.24. The van der Waals surface area contributed by atoms with Crippen LogP contribution in [0.5, 0.6) is 0 Å². The van der Waals surface area contributed by atoms with Crippen LogP contribution in [0.1, 0.15) is 37.8 Å². The molecule has 3 aliphatic rings. The van der Waals surface area contributed by atoms with Gasteiger partial charge in [-0.2, -0.15) is 0 Å². The van der Waals surface area contributed by atoms with E-state index in [1.54, 1.807) is 0 Å². The molecule has 1 aromatic carbocycles. The van der Waals surface area contributed by atoms with Crippen LogP contribution in [0, 0.1) is 18.8 Å². The minimum absolute atomic E-state index is 0.108. The van der Waals surface area contributed by atoms with Crippen molar-refractivity contribution in [1.82, 2.24) is 5.01 Å². The molecule has 27 heavy (non-hydrogen) atoms. The fourth-order valence-corrected chi connectivity index (χ4v) is 4.96. The van der Waals surface area contributed by atoms with Crippen molar-refractivity contribution in [3.63, 3.8) is 0 Å². The molecule has 1 aromatic rings. The van der Waals surface area contributed by atoms with E-state index in [2.05, 4.69) is 35.8 Å². The van der Waals surface area contributed by atoms with Gasteiger partial charge in [0.15, 0.2) is 0 Å². The molecule has 2 heterocycles. The summed E-state index contributed by atoms with van der Waals surface area (Å²) in [5.41, 5.74) is 12.0. The van der Waals surface area contributed by atoms with Crippen LogP contribution in [0.15, 0.2) is 12.1 Å². The Morgan fingerprint density at radius 3 is 2.74 bits per heavy atom. The Hall–Kier alpha value is -1.34. The average Bonchev–Trinajstić information content (AvgIpc) is 3.41. The normalized spacial score (nSPS) is 27.1. The Morgan fingerprint density at radius 1 is 1.26 bits per heavy atom. The first-order chi connectivity index (χ1) is 13.0. The lowest BCUT2D eigenvalue weighted by atomic mass is 9.91. The van der Waals surface area contributed by atoms with Crippen LogP contribution in [-0.4, -0.2) is 50.1 Å². The molecule has 0 bridgehead atoms. The van der Waals surface area contributed by atoms with E-state index in [-0.39, 0.29) is 6.04 Å². The third kappa shape index (κ3) is 3.68. The summed E-state index contributed by atoms with van der Waals surface area (Å²) in [6.07, 6.45) is 2.57. The maximum absolute atomic E-state index is 6.45. The van der Waals surface area contributed by atoms with E-state index < -0.39 is 0 Å². The van der Waals surface area contributed by atoms with Crippen molar-refractivity contribution in [2.75, 3.05) is 42.8 Å². The summed E-state index contributed by atoms with van der Waals surface area (Å²) in [6.45, 7) is 11.8. The largest absolute Gasteiger partial charge is 0.380 e. The van der Waals surface area contributed by atoms with Crippen LogP contribution in [0.3, 0.4) is 0 Å². The first-order valence-corrected chi connectivity index (χ1v) is 10.5. The molecule has 4 N–H and O–H groups in total. The van der Waals surface area contributed by atoms with Crippen molar-refractivity contribution in [1.29, 1.82) is 0 Å². The molecule has 1 saturated heterocycles. The molecule has 0 unspecified atom stereocenters. The molecular formula is C21H35N5O. The molecule has 1 aliphatic carbocycles. The number of hydrazine groups is 1. The first-order valence-electron chi connectivity index (χ1n) is 10.5. The highest BCUT2D eigenvalue weighted by atomic mass is 16.5. The van der Waals surface area contributed by atoms with Crippen molar-refractivity contribution in [3.05, 3.63) is 23.3 Å².